The van der Waals surface area contributed by atoms with Gasteiger partial charge in [-0.15, -0.1) is 0 Å². The normalized spacial score (nSPS) is 12.5. The highest BCUT2D eigenvalue weighted by Gasteiger charge is 2.30. The fourth-order valence-corrected chi connectivity index (χ4v) is 3.66. The van der Waals surface area contributed by atoms with E-state index in [1.54, 1.807) is 12.1 Å². The molecule has 0 saturated heterocycles. The van der Waals surface area contributed by atoms with E-state index in [9.17, 15) is 24.9 Å². The Hall–Kier alpha value is -4.67. The molecule has 180 valence electrons. The first kappa shape index (κ1) is 23.5. The highest BCUT2D eigenvalue weighted by atomic mass is 16.6. The first-order chi connectivity index (χ1) is 16.9. The lowest BCUT2D eigenvalue weighted by Gasteiger charge is -2.29. The average Bonchev–Trinajstić information content (AvgIpc) is 2.87. The zero-order valence-electron chi connectivity index (χ0n) is 18.6. The Kier molecular flexibility index (Phi) is 7.05. The zero-order valence-corrected chi connectivity index (χ0v) is 18.6. The van der Waals surface area contributed by atoms with E-state index in [0.717, 1.165) is 5.56 Å². The molecule has 2 amide bonds. The van der Waals surface area contributed by atoms with Crippen LogP contribution in [0.4, 0.5) is 22.0 Å². The number of hydrogen-bond acceptors (Lipinski definition) is 7. The number of fused-ring (bicyclic) bond motifs is 1. The summed E-state index contributed by atoms with van der Waals surface area (Å²) in [6, 6.07) is 17.9. The summed E-state index contributed by atoms with van der Waals surface area (Å²) in [5, 5.41) is 23.4. The highest BCUT2D eigenvalue weighted by Crippen LogP contribution is 2.35. The number of pyridine rings is 1. The Labute approximate surface area is 200 Å². The highest BCUT2D eigenvalue weighted by molar-refractivity contribution is 5.98. The third-order valence-corrected chi connectivity index (χ3v) is 5.37. The monoisotopic (exact) mass is 478 g/mol. The number of non-ortho nitro benzene ring substituents is 1. The molecule has 0 bridgehead atoms. The molecule has 0 aliphatic carbocycles. The lowest BCUT2D eigenvalue weighted by molar-refractivity contribution is -0.591. The van der Waals surface area contributed by atoms with Crippen molar-refractivity contribution in [3.05, 3.63) is 93.8 Å². The van der Waals surface area contributed by atoms with Crippen molar-refractivity contribution in [2.24, 2.45) is 0 Å². The summed E-state index contributed by atoms with van der Waals surface area (Å²) in [6.07, 6.45) is 0.882. The number of aromatic nitrogens is 1. The first-order valence-electron chi connectivity index (χ1n) is 10.8. The van der Waals surface area contributed by atoms with E-state index >= 15 is 0 Å². The maximum absolute atomic E-state index is 12.9. The Bertz CT molecular complexity index is 1240. The summed E-state index contributed by atoms with van der Waals surface area (Å²) in [7, 11) is 0. The minimum absolute atomic E-state index is 0.0377. The Morgan fingerprint density at radius 3 is 2.66 bits per heavy atom. The second-order valence-corrected chi connectivity index (χ2v) is 7.67. The van der Waals surface area contributed by atoms with Gasteiger partial charge in [-0.1, -0.05) is 36.4 Å². The van der Waals surface area contributed by atoms with E-state index in [1.165, 1.54) is 40.3 Å². The first-order valence-corrected chi connectivity index (χ1v) is 10.8. The Balaban J connectivity index is 1.47. The maximum Gasteiger partial charge on any atom is 0.507 e. The molecule has 0 radical (unpaired) electrons. The molecular weight excluding hydrogens is 456 g/mol. The lowest BCUT2D eigenvalue weighted by atomic mass is 10.2. The number of anilines is 2. The number of rotatable bonds is 8. The summed E-state index contributed by atoms with van der Waals surface area (Å²) >= 11 is 0. The van der Waals surface area contributed by atoms with Crippen LogP contribution >= 0.6 is 0 Å². The summed E-state index contributed by atoms with van der Waals surface area (Å²) < 4.78 is 11.3. The van der Waals surface area contributed by atoms with E-state index in [0.29, 0.717) is 16.8 Å². The van der Waals surface area contributed by atoms with Gasteiger partial charge in [0.1, 0.15) is 6.61 Å². The molecule has 1 aliphatic heterocycles. The number of carbonyl (C=O) groups is 2. The van der Waals surface area contributed by atoms with Crippen LogP contribution in [-0.2, 0) is 16.1 Å². The van der Waals surface area contributed by atoms with E-state index < -0.39 is 11.0 Å². The van der Waals surface area contributed by atoms with Gasteiger partial charge in [0.15, 0.2) is 12.4 Å². The third-order valence-electron chi connectivity index (χ3n) is 5.37. The molecule has 2 aromatic carbocycles. The molecule has 0 saturated carbocycles. The quantitative estimate of drug-likeness (QED) is 0.210. The topological polar surface area (TPSA) is 129 Å². The Morgan fingerprint density at radius 1 is 1.14 bits per heavy atom. The third kappa shape index (κ3) is 5.46. The van der Waals surface area contributed by atoms with Crippen LogP contribution in [0.2, 0.25) is 0 Å². The van der Waals surface area contributed by atoms with E-state index in [-0.39, 0.29) is 49.5 Å². The molecule has 0 N–H and O–H groups in total. The maximum atomic E-state index is 12.9. The van der Waals surface area contributed by atoms with Gasteiger partial charge in [0.25, 0.3) is 17.4 Å². The number of nitro benzene ring substituents is 1. The van der Waals surface area contributed by atoms with Crippen LogP contribution in [0.25, 0.3) is 0 Å². The van der Waals surface area contributed by atoms with Crippen LogP contribution in [0.15, 0.2) is 72.9 Å². The molecule has 0 spiro atoms. The summed E-state index contributed by atoms with van der Waals surface area (Å²) in [6.45, 7) is 0.0696. The largest absolute Gasteiger partial charge is 0.711 e. The number of ether oxygens (including phenoxy) is 2. The van der Waals surface area contributed by atoms with Crippen molar-refractivity contribution in [2.45, 2.75) is 13.0 Å². The fourth-order valence-electron chi connectivity index (χ4n) is 3.66. The molecule has 11 nitrogen and oxygen atoms in total. The molecule has 1 aliphatic rings. The predicted octanol–water partition coefficient (Wildman–Crippen LogP) is 3.19. The molecule has 3 aromatic rings. The van der Waals surface area contributed by atoms with Gasteiger partial charge in [0, 0.05) is 25.1 Å². The summed E-state index contributed by atoms with van der Waals surface area (Å²) in [5.74, 6) is 0.0106. The van der Waals surface area contributed by atoms with Crippen LogP contribution in [0, 0.1) is 15.3 Å². The van der Waals surface area contributed by atoms with Gasteiger partial charge in [-0.2, -0.15) is 9.69 Å². The number of carbonyl (C=O) groups excluding carboxylic acids is 2. The van der Waals surface area contributed by atoms with Crippen molar-refractivity contribution in [2.75, 3.05) is 29.5 Å². The van der Waals surface area contributed by atoms with E-state index in [4.69, 9.17) is 9.47 Å². The Morgan fingerprint density at radius 2 is 1.91 bits per heavy atom. The molecule has 35 heavy (non-hydrogen) atoms. The number of hydrogen-bond donors (Lipinski definition) is 0. The fraction of sp³-hybridized carbons (Fsp3) is 0.208. The van der Waals surface area contributed by atoms with Crippen LogP contribution in [0.3, 0.4) is 0 Å². The standard InChI is InChI=1S/C24H22N4O7/c29-23-17-34-21-15-19(28(32)33)10-11-20(21)25(23)12-6-13-26(22-9-4-5-14-27(22)31)24(30)35-16-18-7-2-1-3-8-18/h1-5,7-11,14-15H,6,12-13,16-17H2. The van der Waals surface area contributed by atoms with Crippen molar-refractivity contribution >= 4 is 29.2 Å². The number of benzene rings is 2. The number of nitro groups is 1. The van der Waals surface area contributed by atoms with Gasteiger partial charge in [0.05, 0.1) is 29.4 Å². The predicted molar refractivity (Wildman–Crippen MR) is 125 cm³/mol. The molecule has 0 fully saturated rings. The molecule has 1 aromatic heterocycles. The van der Waals surface area contributed by atoms with Crippen LogP contribution in [-0.4, -0.2) is 36.6 Å². The van der Waals surface area contributed by atoms with Crippen LogP contribution in [0.1, 0.15) is 12.0 Å². The van der Waals surface area contributed by atoms with Gasteiger partial charge < -0.3 is 19.6 Å². The van der Waals surface area contributed by atoms with Crippen molar-refractivity contribution in [3.8, 4) is 5.75 Å². The molecule has 0 unspecified atom stereocenters. The molecular formula is C24H22N4O7. The van der Waals surface area contributed by atoms with Gasteiger partial charge in [-0.25, -0.2) is 4.73 Å². The molecule has 11 heteroatoms. The minimum Gasteiger partial charge on any atom is -0.711 e. The van der Waals surface area contributed by atoms with Crippen LogP contribution in [0.5, 0.6) is 5.75 Å². The minimum atomic E-state index is -0.700. The summed E-state index contributed by atoms with van der Waals surface area (Å²) in [4.78, 5) is 38.6. The lowest BCUT2D eigenvalue weighted by Crippen LogP contribution is -2.44. The molecule has 0 atom stereocenters. The van der Waals surface area contributed by atoms with Gasteiger partial charge in [0.2, 0.25) is 0 Å². The smallest absolute Gasteiger partial charge is 0.507 e. The summed E-state index contributed by atoms with van der Waals surface area (Å²) in [5.41, 5.74) is 1.06. The number of nitrogens with zero attached hydrogens (tertiary/aromatic N) is 4. The van der Waals surface area contributed by atoms with Crippen molar-refractivity contribution in [3.63, 3.8) is 0 Å². The molecule has 4 rings (SSSR count). The van der Waals surface area contributed by atoms with Crippen molar-refractivity contribution in [1.29, 1.82) is 0 Å². The van der Waals surface area contributed by atoms with Crippen molar-refractivity contribution in [1.82, 2.24) is 0 Å². The van der Waals surface area contributed by atoms with Gasteiger partial charge >= 0.3 is 6.09 Å². The van der Waals surface area contributed by atoms with Gasteiger partial charge in [-0.3, -0.25) is 14.9 Å². The van der Waals surface area contributed by atoms with E-state index in [2.05, 4.69) is 0 Å². The van der Waals surface area contributed by atoms with Gasteiger partial charge in [-0.05, 0) is 17.7 Å². The molecule has 2 heterocycles. The average molecular weight is 478 g/mol. The second kappa shape index (κ2) is 10.5. The van der Waals surface area contributed by atoms with E-state index in [1.807, 2.05) is 30.3 Å². The zero-order chi connectivity index (χ0) is 24.8. The number of amides is 2. The SMILES string of the molecule is O=C1COc2cc([N+](=O)[O-])ccc2N1CCCN(C(=O)OCc1ccccc1)c1cccc[n+]1[O-]. The van der Waals surface area contributed by atoms with Crippen LogP contribution < -0.4 is 19.3 Å². The van der Waals surface area contributed by atoms with Crippen molar-refractivity contribution < 1.29 is 28.7 Å². The second-order valence-electron chi connectivity index (χ2n) is 7.67.